The standard InChI is InChI=1S/C21H26F3N5O6/c22-21(23,24)12-3-4-14(27-19(32)29-6-1-2-7-29)13(9-12)18(31)25-10-17(30)26-16-11-35-8-5-15(16)28-20(33)34/h3-4,9,15-16,28H,1-2,5-8,10-11H2,(H,25,31)(H,26,30)(H,27,32)(H,33,34)/t15-,16+/m0/s1. The zero-order valence-corrected chi connectivity index (χ0v) is 18.6. The Hall–Kier alpha value is -3.55. The van der Waals surface area contributed by atoms with E-state index in [1.165, 1.54) is 4.90 Å². The Bertz CT molecular complexity index is 967. The first-order valence-corrected chi connectivity index (χ1v) is 11.0. The largest absolute Gasteiger partial charge is 0.465 e. The average molecular weight is 501 g/mol. The van der Waals surface area contributed by atoms with E-state index in [4.69, 9.17) is 9.84 Å². The number of halogens is 3. The molecule has 2 fully saturated rings. The number of amides is 5. The van der Waals surface area contributed by atoms with Crippen LogP contribution in [0.3, 0.4) is 0 Å². The van der Waals surface area contributed by atoms with Crippen LogP contribution in [0, 0.1) is 0 Å². The Labute approximate surface area is 198 Å². The number of carbonyl (C=O) groups is 4. The Kier molecular flexibility index (Phi) is 8.38. The maximum atomic E-state index is 13.2. The van der Waals surface area contributed by atoms with Gasteiger partial charge in [-0.2, -0.15) is 13.2 Å². The Morgan fingerprint density at radius 3 is 2.46 bits per heavy atom. The van der Waals surface area contributed by atoms with Crippen molar-refractivity contribution in [2.24, 2.45) is 0 Å². The summed E-state index contributed by atoms with van der Waals surface area (Å²) in [7, 11) is 0. The third-order valence-corrected chi connectivity index (χ3v) is 5.65. The van der Waals surface area contributed by atoms with Crippen molar-refractivity contribution in [3.05, 3.63) is 29.3 Å². The molecule has 0 saturated carbocycles. The van der Waals surface area contributed by atoms with E-state index in [1.54, 1.807) is 0 Å². The third kappa shape index (κ3) is 7.21. The molecule has 2 saturated heterocycles. The van der Waals surface area contributed by atoms with Crippen LogP contribution < -0.4 is 21.3 Å². The molecule has 0 bridgehead atoms. The molecule has 0 unspecified atom stereocenters. The first-order chi connectivity index (χ1) is 16.5. The number of ether oxygens (including phenoxy) is 1. The van der Waals surface area contributed by atoms with E-state index in [-0.39, 0.29) is 12.3 Å². The average Bonchev–Trinajstić information content (AvgIpc) is 3.33. The molecule has 0 radical (unpaired) electrons. The van der Waals surface area contributed by atoms with E-state index in [9.17, 15) is 32.3 Å². The number of rotatable bonds is 6. The van der Waals surface area contributed by atoms with Gasteiger partial charge in [-0.05, 0) is 37.5 Å². The monoisotopic (exact) mass is 501 g/mol. The van der Waals surface area contributed by atoms with Crippen LogP contribution in [0.2, 0.25) is 0 Å². The van der Waals surface area contributed by atoms with Crippen molar-refractivity contribution in [1.29, 1.82) is 0 Å². The quantitative estimate of drug-likeness (QED) is 0.400. The molecule has 192 valence electrons. The van der Waals surface area contributed by atoms with E-state index in [0.717, 1.165) is 25.0 Å². The van der Waals surface area contributed by atoms with Crippen LogP contribution in [-0.4, -0.2) is 78.9 Å². The number of hydrogen-bond donors (Lipinski definition) is 5. The van der Waals surface area contributed by atoms with Gasteiger partial charge in [-0.1, -0.05) is 0 Å². The highest BCUT2D eigenvalue weighted by molar-refractivity contribution is 6.04. The lowest BCUT2D eigenvalue weighted by atomic mass is 10.0. The number of urea groups is 1. The van der Waals surface area contributed by atoms with Crippen LogP contribution >= 0.6 is 0 Å². The van der Waals surface area contributed by atoms with Gasteiger partial charge < -0.3 is 36.0 Å². The summed E-state index contributed by atoms with van der Waals surface area (Å²) in [6, 6.07) is 0.525. The highest BCUT2D eigenvalue weighted by atomic mass is 19.4. The molecule has 3 rings (SSSR count). The van der Waals surface area contributed by atoms with E-state index < -0.39 is 59.9 Å². The van der Waals surface area contributed by atoms with Crippen molar-refractivity contribution in [3.63, 3.8) is 0 Å². The van der Waals surface area contributed by atoms with Gasteiger partial charge in [-0.25, -0.2) is 9.59 Å². The second kappa shape index (κ2) is 11.3. The summed E-state index contributed by atoms with van der Waals surface area (Å²) in [5.41, 5.74) is -1.67. The fourth-order valence-corrected chi connectivity index (χ4v) is 3.86. The number of alkyl halides is 3. The number of carbonyl (C=O) groups excluding carboxylic acids is 3. The molecule has 5 amide bonds. The number of hydrogen-bond acceptors (Lipinski definition) is 5. The predicted octanol–water partition coefficient (Wildman–Crippen LogP) is 1.60. The molecule has 1 aromatic carbocycles. The fraction of sp³-hybridized carbons (Fsp3) is 0.524. The summed E-state index contributed by atoms with van der Waals surface area (Å²) in [5.74, 6) is -1.69. The Morgan fingerprint density at radius 1 is 1.09 bits per heavy atom. The molecular weight excluding hydrogens is 475 g/mol. The highest BCUT2D eigenvalue weighted by Gasteiger charge is 2.33. The second-order valence-electron chi connectivity index (χ2n) is 8.16. The van der Waals surface area contributed by atoms with Crippen LogP contribution in [-0.2, 0) is 15.7 Å². The van der Waals surface area contributed by atoms with Crippen LogP contribution in [0.4, 0.5) is 28.4 Å². The topological polar surface area (TPSA) is 149 Å². The van der Waals surface area contributed by atoms with Gasteiger partial charge in [0.05, 0.1) is 42.0 Å². The van der Waals surface area contributed by atoms with Crippen LogP contribution in [0.25, 0.3) is 0 Å². The number of nitrogens with one attached hydrogen (secondary N) is 4. The second-order valence-corrected chi connectivity index (χ2v) is 8.16. The van der Waals surface area contributed by atoms with Crippen LogP contribution in [0.1, 0.15) is 35.2 Å². The van der Waals surface area contributed by atoms with Gasteiger partial charge in [0.25, 0.3) is 5.91 Å². The van der Waals surface area contributed by atoms with Gasteiger partial charge in [0.1, 0.15) is 0 Å². The number of anilines is 1. The first-order valence-electron chi connectivity index (χ1n) is 11.0. The molecule has 0 aromatic heterocycles. The van der Waals surface area contributed by atoms with Crippen molar-refractivity contribution in [2.75, 3.05) is 38.2 Å². The lowest BCUT2D eigenvalue weighted by Crippen LogP contribution is -2.57. The van der Waals surface area contributed by atoms with E-state index >= 15 is 0 Å². The van der Waals surface area contributed by atoms with Gasteiger partial charge >= 0.3 is 18.3 Å². The normalized spacial score (nSPS) is 20.1. The summed E-state index contributed by atoms with van der Waals surface area (Å²) in [6.07, 6.45) is -4.06. The molecule has 1 aromatic rings. The molecule has 11 nitrogen and oxygen atoms in total. The first kappa shape index (κ1) is 26.1. The number of benzene rings is 1. The zero-order valence-electron chi connectivity index (χ0n) is 18.6. The molecule has 5 N–H and O–H groups in total. The summed E-state index contributed by atoms with van der Waals surface area (Å²) < 4.78 is 44.9. The molecule has 14 heteroatoms. The predicted molar refractivity (Wildman–Crippen MR) is 116 cm³/mol. The minimum Gasteiger partial charge on any atom is -0.465 e. The summed E-state index contributed by atoms with van der Waals surface area (Å²) in [4.78, 5) is 49.9. The molecule has 2 atom stereocenters. The molecule has 2 aliphatic rings. The highest BCUT2D eigenvalue weighted by Crippen LogP contribution is 2.32. The SMILES string of the molecule is O=C(O)N[C@H]1CCOC[C@H]1NC(=O)CNC(=O)c1cc(C(F)(F)F)ccc1NC(=O)N1CCCC1. The molecule has 0 aliphatic carbocycles. The van der Waals surface area contributed by atoms with E-state index in [2.05, 4.69) is 21.3 Å². The van der Waals surface area contributed by atoms with Gasteiger partial charge in [-0.3, -0.25) is 9.59 Å². The fourth-order valence-electron chi connectivity index (χ4n) is 3.86. The maximum Gasteiger partial charge on any atom is 0.416 e. The molecule has 0 spiro atoms. The minimum absolute atomic E-state index is 0.0466. The van der Waals surface area contributed by atoms with Crippen molar-refractivity contribution in [3.8, 4) is 0 Å². The molecule has 2 aliphatic heterocycles. The number of carboxylic acid groups (broad SMARTS) is 1. The summed E-state index contributed by atoms with van der Waals surface area (Å²) in [6.45, 7) is 0.749. The van der Waals surface area contributed by atoms with Crippen molar-refractivity contribution in [1.82, 2.24) is 20.9 Å². The van der Waals surface area contributed by atoms with E-state index in [0.29, 0.717) is 32.2 Å². The summed E-state index contributed by atoms with van der Waals surface area (Å²) >= 11 is 0. The van der Waals surface area contributed by atoms with Crippen molar-refractivity contribution in [2.45, 2.75) is 37.5 Å². The maximum absolute atomic E-state index is 13.2. The number of nitrogens with zero attached hydrogens (tertiary/aromatic N) is 1. The van der Waals surface area contributed by atoms with Gasteiger partial charge in [-0.15, -0.1) is 0 Å². The summed E-state index contributed by atoms with van der Waals surface area (Å²) in [5, 5.41) is 18.5. The van der Waals surface area contributed by atoms with Gasteiger partial charge in [0.15, 0.2) is 0 Å². The van der Waals surface area contributed by atoms with Crippen LogP contribution in [0.15, 0.2) is 18.2 Å². The number of likely N-dealkylation sites (tertiary alicyclic amines) is 1. The Morgan fingerprint density at radius 2 is 1.80 bits per heavy atom. The minimum atomic E-state index is -4.73. The van der Waals surface area contributed by atoms with E-state index in [1.807, 2.05) is 0 Å². The smallest absolute Gasteiger partial charge is 0.416 e. The lowest BCUT2D eigenvalue weighted by molar-refractivity contribution is -0.137. The van der Waals surface area contributed by atoms with Gasteiger partial charge in [0, 0.05) is 19.7 Å². The van der Waals surface area contributed by atoms with Crippen LogP contribution in [0.5, 0.6) is 0 Å². The van der Waals surface area contributed by atoms with Gasteiger partial charge in [0.2, 0.25) is 5.91 Å². The van der Waals surface area contributed by atoms with Crippen molar-refractivity contribution >= 4 is 29.6 Å². The third-order valence-electron chi connectivity index (χ3n) is 5.65. The van der Waals surface area contributed by atoms with Crippen molar-refractivity contribution < 1.29 is 42.2 Å². The molecule has 35 heavy (non-hydrogen) atoms. The molecule has 2 heterocycles. The Balaban J connectivity index is 1.67. The molecular formula is C21H26F3N5O6. The lowest BCUT2D eigenvalue weighted by Gasteiger charge is -2.31. The zero-order chi connectivity index (χ0) is 25.6.